The van der Waals surface area contributed by atoms with Crippen LogP contribution in [-0.4, -0.2) is 31.6 Å². The Hall–Kier alpha value is -1.26. The lowest BCUT2D eigenvalue weighted by Gasteiger charge is -2.25. The molecular formula is C15H22ClN3O. The predicted molar refractivity (Wildman–Crippen MR) is 83.3 cm³/mol. The van der Waals surface area contributed by atoms with Crippen LogP contribution in [0, 0.1) is 0 Å². The zero-order chi connectivity index (χ0) is 14.5. The molecule has 0 saturated carbocycles. The van der Waals surface area contributed by atoms with Crippen LogP contribution in [0.3, 0.4) is 0 Å². The molecule has 4 nitrogen and oxygen atoms in total. The van der Waals surface area contributed by atoms with E-state index >= 15 is 0 Å². The smallest absolute Gasteiger partial charge is 0.239 e. The summed E-state index contributed by atoms with van der Waals surface area (Å²) in [7, 11) is 0. The zero-order valence-corrected chi connectivity index (χ0v) is 12.8. The Morgan fingerprint density at radius 1 is 1.45 bits per heavy atom. The minimum Gasteiger partial charge on any atom is -0.362 e. The van der Waals surface area contributed by atoms with E-state index in [2.05, 4.69) is 29.4 Å². The van der Waals surface area contributed by atoms with Crippen molar-refractivity contribution in [2.75, 3.05) is 24.5 Å². The molecule has 1 fully saturated rings. The van der Waals surface area contributed by atoms with Gasteiger partial charge in [-0.1, -0.05) is 31.5 Å². The fraction of sp³-hybridized carbons (Fsp3) is 0.533. The van der Waals surface area contributed by atoms with Gasteiger partial charge in [0.1, 0.15) is 0 Å². The first-order valence-corrected chi connectivity index (χ1v) is 7.48. The summed E-state index contributed by atoms with van der Waals surface area (Å²) in [4.78, 5) is 13.8. The normalized spacial score (nSPS) is 16.2. The van der Waals surface area contributed by atoms with Gasteiger partial charge in [-0.25, -0.2) is 0 Å². The van der Waals surface area contributed by atoms with Gasteiger partial charge in [-0.15, -0.1) is 0 Å². The van der Waals surface area contributed by atoms with Gasteiger partial charge < -0.3 is 15.5 Å². The number of amides is 1. The van der Waals surface area contributed by atoms with Gasteiger partial charge in [-0.05, 0) is 18.6 Å². The Labute approximate surface area is 125 Å². The molecule has 1 aliphatic rings. The lowest BCUT2D eigenvalue weighted by Crippen LogP contribution is -2.34. The lowest BCUT2D eigenvalue weighted by atomic mass is 10.1. The molecule has 0 spiro atoms. The third kappa shape index (κ3) is 3.87. The van der Waals surface area contributed by atoms with E-state index < -0.39 is 0 Å². The number of hydrogen-bond donors (Lipinski definition) is 2. The van der Waals surface area contributed by atoms with Gasteiger partial charge in [0, 0.05) is 41.9 Å². The van der Waals surface area contributed by atoms with Crippen LogP contribution >= 0.6 is 11.6 Å². The van der Waals surface area contributed by atoms with Gasteiger partial charge in [0.2, 0.25) is 5.91 Å². The molecule has 0 aromatic heterocycles. The van der Waals surface area contributed by atoms with Gasteiger partial charge in [0.15, 0.2) is 0 Å². The fourth-order valence-corrected chi connectivity index (χ4v) is 2.57. The molecule has 1 saturated heterocycles. The molecule has 1 aromatic carbocycles. The summed E-state index contributed by atoms with van der Waals surface area (Å²) < 4.78 is 0. The molecule has 1 aromatic rings. The molecule has 0 aliphatic carbocycles. The maximum Gasteiger partial charge on any atom is 0.239 e. The quantitative estimate of drug-likeness (QED) is 0.895. The molecule has 1 amide bonds. The Balaban J connectivity index is 2.24. The first-order chi connectivity index (χ1) is 9.58. The minimum absolute atomic E-state index is 0.0743. The predicted octanol–water partition coefficient (Wildman–Crippen LogP) is 2.16. The van der Waals surface area contributed by atoms with Crippen molar-refractivity contribution in [3.8, 4) is 0 Å². The summed E-state index contributed by atoms with van der Waals surface area (Å²) in [6, 6.07) is 6.29. The number of rotatable bonds is 4. The number of anilines is 1. The summed E-state index contributed by atoms with van der Waals surface area (Å²) in [6.07, 6.45) is 0.954. The summed E-state index contributed by atoms with van der Waals surface area (Å²) in [5.74, 6) is 0.0743. The lowest BCUT2D eigenvalue weighted by molar-refractivity contribution is -0.119. The summed E-state index contributed by atoms with van der Waals surface area (Å²) in [6.45, 7) is 6.94. The second-order valence-corrected chi connectivity index (χ2v) is 5.81. The van der Waals surface area contributed by atoms with Crippen LogP contribution in [0.1, 0.15) is 25.8 Å². The number of benzene rings is 1. The van der Waals surface area contributed by atoms with Crippen LogP contribution in [-0.2, 0) is 11.3 Å². The topological polar surface area (TPSA) is 44.4 Å². The van der Waals surface area contributed by atoms with Crippen molar-refractivity contribution in [2.45, 2.75) is 32.9 Å². The number of carbonyl (C=O) groups excluding carboxylic acids is 1. The summed E-state index contributed by atoms with van der Waals surface area (Å²) in [5.41, 5.74) is 2.13. The van der Waals surface area contributed by atoms with E-state index in [1.54, 1.807) is 0 Å². The molecular weight excluding hydrogens is 274 g/mol. The second kappa shape index (κ2) is 6.95. The summed E-state index contributed by atoms with van der Waals surface area (Å²) >= 11 is 6.34. The van der Waals surface area contributed by atoms with Crippen molar-refractivity contribution in [1.29, 1.82) is 0 Å². The first-order valence-electron chi connectivity index (χ1n) is 7.10. The van der Waals surface area contributed by atoms with Crippen LogP contribution in [0.5, 0.6) is 0 Å². The van der Waals surface area contributed by atoms with E-state index in [-0.39, 0.29) is 5.91 Å². The number of carbonyl (C=O) groups is 1. The molecule has 0 atom stereocenters. The van der Waals surface area contributed by atoms with Gasteiger partial charge in [0.25, 0.3) is 0 Å². The van der Waals surface area contributed by atoms with Crippen molar-refractivity contribution in [1.82, 2.24) is 10.6 Å². The van der Waals surface area contributed by atoms with E-state index in [0.29, 0.717) is 19.1 Å². The molecule has 2 rings (SSSR count). The Morgan fingerprint density at radius 3 is 3.00 bits per heavy atom. The van der Waals surface area contributed by atoms with Crippen LogP contribution in [0.15, 0.2) is 18.2 Å². The molecule has 2 N–H and O–H groups in total. The molecule has 5 heteroatoms. The molecule has 110 valence electrons. The van der Waals surface area contributed by atoms with Crippen molar-refractivity contribution in [3.05, 3.63) is 28.8 Å². The highest BCUT2D eigenvalue weighted by atomic mass is 35.5. The second-order valence-electron chi connectivity index (χ2n) is 5.40. The molecule has 0 radical (unpaired) electrons. The van der Waals surface area contributed by atoms with E-state index in [4.69, 9.17) is 11.6 Å². The average molecular weight is 296 g/mol. The van der Waals surface area contributed by atoms with Crippen molar-refractivity contribution in [2.24, 2.45) is 0 Å². The summed E-state index contributed by atoms with van der Waals surface area (Å²) in [5, 5.41) is 7.05. The van der Waals surface area contributed by atoms with Crippen LogP contribution < -0.4 is 15.5 Å². The Morgan fingerprint density at radius 2 is 2.25 bits per heavy atom. The van der Waals surface area contributed by atoms with Crippen molar-refractivity contribution in [3.63, 3.8) is 0 Å². The highest BCUT2D eigenvalue weighted by Gasteiger charge is 2.18. The Bertz CT molecular complexity index is 476. The fourth-order valence-electron chi connectivity index (χ4n) is 2.34. The third-order valence-corrected chi connectivity index (χ3v) is 3.74. The first kappa shape index (κ1) is 15.1. The highest BCUT2D eigenvalue weighted by Crippen LogP contribution is 2.28. The Kier molecular flexibility index (Phi) is 5.26. The van der Waals surface area contributed by atoms with Gasteiger partial charge >= 0.3 is 0 Å². The van der Waals surface area contributed by atoms with E-state index in [1.807, 2.05) is 18.2 Å². The van der Waals surface area contributed by atoms with Gasteiger partial charge in [0.05, 0.1) is 6.54 Å². The minimum atomic E-state index is 0.0743. The van der Waals surface area contributed by atoms with E-state index in [1.165, 1.54) is 0 Å². The number of hydrogen-bond acceptors (Lipinski definition) is 3. The zero-order valence-electron chi connectivity index (χ0n) is 12.1. The average Bonchev–Trinajstić information content (AvgIpc) is 2.61. The van der Waals surface area contributed by atoms with Crippen LogP contribution in [0.2, 0.25) is 5.02 Å². The van der Waals surface area contributed by atoms with E-state index in [0.717, 1.165) is 35.8 Å². The van der Waals surface area contributed by atoms with E-state index in [9.17, 15) is 4.79 Å². The van der Waals surface area contributed by atoms with Gasteiger partial charge in [-0.3, -0.25) is 4.79 Å². The van der Waals surface area contributed by atoms with Crippen LogP contribution in [0.4, 0.5) is 5.69 Å². The highest BCUT2D eigenvalue weighted by molar-refractivity contribution is 6.31. The largest absolute Gasteiger partial charge is 0.362 e. The number of nitrogens with one attached hydrogen (secondary N) is 2. The maximum atomic E-state index is 11.7. The maximum absolute atomic E-state index is 11.7. The van der Waals surface area contributed by atoms with Crippen molar-refractivity contribution < 1.29 is 4.79 Å². The number of nitrogens with zero attached hydrogens (tertiary/aromatic N) is 1. The van der Waals surface area contributed by atoms with Crippen molar-refractivity contribution >= 4 is 23.2 Å². The number of halogens is 1. The SMILES string of the molecule is CC(C)NCc1c(Cl)cccc1N1CCCNC(=O)C1. The molecule has 20 heavy (non-hydrogen) atoms. The molecule has 1 aliphatic heterocycles. The molecule has 0 bridgehead atoms. The van der Waals surface area contributed by atoms with Crippen LogP contribution in [0.25, 0.3) is 0 Å². The molecule has 1 heterocycles. The monoisotopic (exact) mass is 295 g/mol. The van der Waals surface area contributed by atoms with Gasteiger partial charge in [-0.2, -0.15) is 0 Å². The molecule has 0 unspecified atom stereocenters. The third-order valence-electron chi connectivity index (χ3n) is 3.38. The standard InChI is InChI=1S/C15H22ClN3O/c1-11(2)18-9-12-13(16)5-3-6-14(12)19-8-4-7-17-15(20)10-19/h3,5-6,11,18H,4,7-10H2,1-2H3,(H,17,20).